The van der Waals surface area contributed by atoms with Crippen molar-refractivity contribution in [1.29, 1.82) is 0 Å². The predicted octanol–water partition coefficient (Wildman–Crippen LogP) is 5.27. The van der Waals surface area contributed by atoms with E-state index in [1.54, 1.807) is 24.3 Å². The van der Waals surface area contributed by atoms with Gasteiger partial charge in [0.05, 0.1) is 6.61 Å². The highest BCUT2D eigenvalue weighted by Crippen LogP contribution is 2.33. The third-order valence-corrected chi connectivity index (χ3v) is 5.00. The Balaban J connectivity index is 0.000000167. The van der Waals surface area contributed by atoms with Gasteiger partial charge in [0, 0.05) is 28.8 Å². The van der Waals surface area contributed by atoms with Gasteiger partial charge in [-0.05, 0) is 80.6 Å². The number of hydrogen-bond donors (Lipinski definition) is 1. The Hall–Kier alpha value is -2.33. The Bertz CT molecular complexity index is 790. The molecule has 0 saturated heterocycles. The summed E-state index contributed by atoms with van der Waals surface area (Å²) in [5.74, 6) is 2.65. The zero-order chi connectivity index (χ0) is 19.9. The van der Waals surface area contributed by atoms with E-state index in [1.165, 1.54) is 0 Å². The molecule has 4 nitrogen and oxygen atoms in total. The fraction of sp³-hybridized carbons (Fsp3) is 0.391. The highest BCUT2D eigenvalue weighted by Gasteiger charge is 2.30. The SMILES string of the molecule is O=C(c1ccc(O)cc1)C1CC1.O=C(c1ccc(OCCCCl)cc1)C1CC1. The summed E-state index contributed by atoms with van der Waals surface area (Å²) in [7, 11) is 0. The van der Waals surface area contributed by atoms with E-state index >= 15 is 0 Å². The zero-order valence-electron chi connectivity index (χ0n) is 15.8. The molecule has 1 N–H and O–H groups in total. The lowest BCUT2D eigenvalue weighted by molar-refractivity contribution is 0.0960. The summed E-state index contributed by atoms with van der Waals surface area (Å²) in [6.45, 7) is 0.624. The van der Waals surface area contributed by atoms with Crippen LogP contribution in [0.3, 0.4) is 0 Å². The normalized spacial score (nSPS) is 15.3. The molecule has 2 fully saturated rings. The molecule has 0 heterocycles. The molecule has 2 saturated carbocycles. The molecular formula is C23H25ClO4. The molecule has 0 bridgehead atoms. The average molecular weight is 401 g/mol. The maximum Gasteiger partial charge on any atom is 0.165 e. The highest BCUT2D eigenvalue weighted by atomic mass is 35.5. The summed E-state index contributed by atoms with van der Waals surface area (Å²) < 4.78 is 5.46. The molecule has 2 aromatic rings. The smallest absolute Gasteiger partial charge is 0.165 e. The molecule has 148 valence electrons. The standard InChI is InChI=1S/C13H15ClO2.C10H10O2/c14-8-1-9-16-12-6-4-11(5-7-12)13(15)10-2-3-10;11-9-5-3-8(4-6-9)10(12)7-1-2-7/h4-7,10H,1-3,8-9H2;3-7,11H,1-2H2. The molecule has 2 aliphatic rings. The Morgan fingerprint density at radius 1 is 0.857 bits per heavy atom. The second-order valence-electron chi connectivity index (χ2n) is 7.24. The molecule has 5 heteroatoms. The Kier molecular flexibility index (Phi) is 7.10. The fourth-order valence-corrected chi connectivity index (χ4v) is 2.86. The topological polar surface area (TPSA) is 63.6 Å². The van der Waals surface area contributed by atoms with Crippen LogP contribution in [0.2, 0.25) is 0 Å². The van der Waals surface area contributed by atoms with Crippen LogP contribution in [0.25, 0.3) is 0 Å². The minimum Gasteiger partial charge on any atom is -0.508 e. The number of halogens is 1. The van der Waals surface area contributed by atoms with Crippen LogP contribution in [0.1, 0.15) is 52.8 Å². The van der Waals surface area contributed by atoms with Crippen molar-refractivity contribution in [3.63, 3.8) is 0 Å². The average Bonchev–Trinajstić information content (AvgIpc) is 3.61. The van der Waals surface area contributed by atoms with Gasteiger partial charge in [0.2, 0.25) is 0 Å². The minimum atomic E-state index is 0.211. The lowest BCUT2D eigenvalue weighted by Crippen LogP contribution is -2.02. The van der Waals surface area contributed by atoms with Crippen molar-refractivity contribution in [2.75, 3.05) is 12.5 Å². The molecule has 2 aromatic carbocycles. The number of phenols is 1. The predicted molar refractivity (Wildman–Crippen MR) is 109 cm³/mol. The van der Waals surface area contributed by atoms with Crippen molar-refractivity contribution in [2.45, 2.75) is 32.1 Å². The van der Waals surface area contributed by atoms with Crippen LogP contribution in [0.15, 0.2) is 48.5 Å². The number of rotatable bonds is 8. The lowest BCUT2D eigenvalue weighted by Gasteiger charge is -2.05. The number of ether oxygens (including phenoxy) is 1. The van der Waals surface area contributed by atoms with Crippen LogP contribution in [-0.2, 0) is 0 Å². The van der Waals surface area contributed by atoms with Gasteiger partial charge in [-0.25, -0.2) is 0 Å². The molecule has 4 rings (SSSR count). The van der Waals surface area contributed by atoms with Crippen LogP contribution in [0, 0.1) is 11.8 Å². The summed E-state index contributed by atoms with van der Waals surface area (Å²) >= 11 is 5.55. The zero-order valence-corrected chi connectivity index (χ0v) is 16.5. The monoisotopic (exact) mass is 400 g/mol. The van der Waals surface area contributed by atoms with Crippen LogP contribution < -0.4 is 4.74 Å². The quantitative estimate of drug-likeness (QED) is 0.372. The number of carbonyl (C=O) groups is 2. The number of aromatic hydroxyl groups is 1. The number of benzene rings is 2. The first-order valence-corrected chi connectivity index (χ1v) is 10.3. The van der Waals surface area contributed by atoms with E-state index in [0.29, 0.717) is 12.5 Å². The summed E-state index contributed by atoms with van der Waals surface area (Å²) in [5, 5.41) is 8.98. The van der Waals surface area contributed by atoms with Crippen LogP contribution >= 0.6 is 11.6 Å². The van der Waals surface area contributed by atoms with Crippen molar-refractivity contribution >= 4 is 23.2 Å². The summed E-state index contributed by atoms with van der Waals surface area (Å²) in [5.41, 5.74) is 1.52. The minimum absolute atomic E-state index is 0.211. The number of phenolic OH excluding ortho intramolecular Hbond substituents is 1. The summed E-state index contributed by atoms with van der Waals surface area (Å²) in [4.78, 5) is 23.2. The third kappa shape index (κ3) is 6.10. The van der Waals surface area contributed by atoms with Crippen LogP contribution in [-0.4, -0.2) is 29.2 Å². The van der Waals surface area contributed by atoms with Crippen LogP contribution in [0.5, 0.6) is 11.5 Å². The third-order valence-electron chi connectivity index (χ3n) is 4.73. The first-order chi connectivity index (χ1) is 13.6. The van der Waals surface area contributed by atoms with E-state index in [4.69, 9.17) is 21.4 Å². The fourth-order valence-electron chi connectivity index (χ4n) is 2.75. The summed E-state index contributed by atoms with van der Waals surface area (Å²) in [6, 6.07) is 13.8. The van der Waals surface area contributed by atoms with Gasteiger partial charge < -0.3 is 9.84 Å². The van der Waals surface area contributed by atoms with Gasteiger partial charge in [-0.15, -0.1) is 11.6 Å². The van der Waals surface area contributed by atoms with E-state index in [-0.39, 0.29) is 29.2 Å². The highest BCUT2D eigenvalue weighted by molar-refractivity contribution is 6.17. The number of Topliss-reactive ketones (excluding diaryl/α,β-unsaturated/α-hetero) is 2. The first kappa shape index (κ1) is 20.4. The van der Waals surface area contributed by atoms with E-state index in [1.807, 2.05) is 24.3 Å². The Labute approximate surface area is 170 Å². The van der Waals surface area contributed by atoms with Gasteiger partial charge in [0.1, 0.15) is 11.5 Å². The maximum absolute atomic E-state index is 11.7. The number of carbonyl (C=O) groups excluding carboxylic acids is 2. The van der Waals surface area contributed by atoms with E-state index < -0.39 is 0 Å². The molecule has 28 heavy (non-hydrogen) atoms. The second-order valence-corrected chi connectivity index (χ2v) is 7.62. The van der Waals surface area contributed by atoms with Gasteiger partial charge in [-0.1, -0.05) is 0 Å². The van der Waals surface area contributed by atoms with Gasteiger partial charge in [-0.2, -0.15) is 0 Å². The number of hydrogen-bond acceptors (Lipinski definition) is 4. The first-order valence-electron chi connectivity index (χ1n) is 9.74. The number of alkyl halides is 1. The van der Waals surface area contributed by atoms with Gasteiger partial charge in [0.25, 0.3) is 0 Å². The lowest BCUT2D eigenvalue weighted by atomic mass is 10.1. The molecule has 0 radical (unpaired) electrons. The van der Waals surface area contributed by atoms with E-state index in [9.17, 15) is 9.59 Å². The summed E-state index contributed by atoms with van der Waals surface area (Å²) in [6.07, 6.45) is 4.99. The van der Waals surface area contributed by atoms with Crippen molar-refractivity contribution in [3.05, 3.63) is 59.7 Å². The van der Waals surface area contributed by atoms with E-state index in [0.717, 1.165) is 49.0 Å². The molecule has 0 spiro atoms. The van der Waals surface area contributed by atoms with Crippen LogP contribution in [0.4, 0.5) is 0 Å². The molecule has 0 atom stereocenters. The van der Waals surface area contributed by atoms with Gasteiger partial charge in [-0.3, -0.25) is 9.59 Å². The van der Waals surface area contributed by atoms with E-state index in [2.05, 4.69) is 0 Å². The van der Waals surface area contributed by atoms with Crippen molar-refractivity contribution in [1.82, 2.24) is 0 Å². The van der Waals surface area contributed by atoms with Crippen molar-refractivity contribution in [2.24, 2.45) is 11.8 Å². The Morgan fingerprint density at radius 2 is 1.32 bits per heavy atom. The van der Waals surface area contributed by atoms with Crippen molar-refractivity contribution in [3.8, 4) is 11.5 Å². The molecule has 0 unspecified atom stereocenters. The molecule has 0 amide bonds. The molecule has 2 aliphatic carbocycles. The molecular weight excluding hydrogens is 376 g/mol. The second kappa shape index (κ2) is 9.74. The Morgan fingerprint density at radius 3 is 1.75 bits per heavy atom. The molecule has 0 aromatic heterocycles. The van der Waals surface area contributed by atoms with Gasteiger partial charge in [0.15, 0.2) is 11.6 Å². The van der Waals surface area contributed by atoms with Gasteiger partial charge >= 0.3 is 0 Å². The van der Waals surface area contributed by atoms with Crippen molar-refractivity contribution < 1.29 is 19.4 Å². The largest absolute Gasteiger partial charge is 0.508 e. The maximum atomic E-state index is 11.7. The number of ketones is 2. The molecule has 0 aliphatic heterocycles.